The summed E-state index contributed by atoms with van der Waals surface area (Å²) in [5.74, 6) is -1.08. The third-order valence-electron chi connectivity index (χ3n) is 2.28. The largest absolute Gasteiger partial charge is 0.458 e. The van der Waals surface area contributed by atoms with E-state index < -0.39 is 21.6 Å². The van der Waals surface area contributed by atoms with E-state index >= 15 is 0 Å². The molecule has 110 valence electrons. The first-order valence-electron chi connectivity index (χ1n) is 5.33. The lowest BCUT2D eigenvalue weighted by Gasteiger charge is -2.23. The van der Waals surface area contributed by atoms with E-state index in [9.17, 15) is 9.59 Å². The first-order valence-corrected chi connectivity index (χ1v) is 7.22. The summed E-state index contributed by atoms with van der Waals surface area (Å²) in [6.07, 6.45) is -1.51. The van der Waals surface area contributed by atoms with E-state index in [1.807, 2.05) is 0 Å². The minimum Gasteiger partial charge on any atom is -0.458 e. The summed E-state index contributed by atoms with van der Waals surface area (Å²) in [6, 6.07) is 4.39. The highest BCUT2D eigenvalue weighted by atomic mass is 35.6. The van der Waals surface area contributed by atoms with Crippen molar-refractivity contribution in [3.63, 3.8) is 0 Å². The molecular weight excluding hydrogens is 369 g/mol. The van der Waals surface area contributed by atoms with Gasteiger partial charge in [-0.1, -0.05) is 58.0 Å². The second-order valence-corrected chi connectivity index (χ2v) is 7.10. The van der Waals surface area contributed by atoms with E-state index in [0.29, 0.717) is 5.02 Å². The molecule has 0 spiro atoms. The lowest BCUT2D eigenvalue weighted by atomic mass is 10.1. The van der Waals surface area contributed by atoms with Crippen LogP contribution in [-0.4, -0.2) is 21.6 Å². The molecule has 1 aromatic carbocycles. The topological polar surface area (TPSA) is 43.4 Å². The number of halogens is 5. The Bertz CT molecular complexity index is 524. The van der Waals surface area contributed by atoms with Gasteiger partial charge in [0, 0.05) is 17.5 Å². The molecule has 0 aromatic heterocycles. The fraction of sp³-hybridized carbons (Fsp3) is 0.333. The zero-order valence-corrected chi connectivity index (χ0v) is 13.9. The van der Waals surface area contributed by atoms with Gasteiger partial charge in [-0.05, 0) is 18.2 Å². The number of benzene rings is 1. The molecule has 1 aromatic rings. The number of esters is 1. The average molecular weight is 378 g/mol. The Kier molecular flexibility index (Phi) is 6.42. The van der Waals surface area contributed by atoms with Crippen molar-refractivity contribution in [1.82, 2.24) is 0 Å². The van der Waals surface area contributed by atoms with Crippen molar-refractivity contribution in [2.24, 2.45) is 0 Å². The van der Waals surface area contributed by atoms with Gasteiger partial charge < -0.3 is 4.74 Å². The minimum atomic E-state index is -1.92. The summed E-state index contributed by atoms with van der Waals surface area (Å²) in [5.41, 5.74) is 0.211. The van der Waals surface area contributed by atoms with Gasteiger partial charge in [0.25, 0.3) is 0 Å². The SMILES string of the molecule is CC(=O)O[C@H](CC(=O)c1ccc(Cl)cc1Cl)C(Cl)(Cl)Cl. The molecule has 0 saturated heterocycles. The average Bonchev–Trinajstić information content (AvgIpc) is 2.25. The molecular formula is C12H9Cl5O3. The van der Waals surface area contributed by atoms with Crippen LogP contribution in [0.15, 0.2) is 18.2 Å². The summed E-state index contributed by atoms with van der Waals surface area (Å²) < 4.78 is 2.93. The summed E-state index contributed by atoms with van der Waals surface area (Å²) in [6.45, 7) is 1.16. The van der Waals surface area contributed by atoms with Crippen LogP contribution < -0.4 is 0 Å². The van der Waals surface area contributed by atoms with Gasteiger partial charge in [-0.25, -0.2) is 0 Å². The van der Waals surface area contributed by atoms with E-state index in [-0.39, 0.29) is 17.0 Å². The number of ether oxygens (including phenoxy) is 1. The number of carbonyl (C=O) groups excluding carboxylic acids is 2. The van der Waals surface area contributed by atoms with E-state index in [4.69, 9.17) is 62.7 Å². The first kappa shape index (κ1) is 17.9. The van der Waals surface area contributed by atoms with Crippen molar-refractivity contribution in [2.75, 3.05) is 0 Å². The summed E-state index contributed by atoms with van der Waals surface area (Å²) in [4.78, 5) is 23.1. The zero-order chi connectivity index (χ0) is 15.5. The maximum Gasteiger partial charge on any atom is 0.303 e. The Labute approximate surface area is 141 Å². The van der Waals surface area contributed by atoms with Gasteiger partial charge >= 0.3 is 5.97 Å². The Balaban J connectivity index is 2.93. The molecule has 0 unspecified atom stereocenters. The van der Waals surface area contributed by atoms with Crippen LogP contribution in [-0.2, 0) is 9.53 Å². The number of carbonyl (C=O) groups is 2. The third-order valence-corrected chi connectivity index (χ3v) is 3.55. The number of hydrogen-bond donors (Lipinski definition) is 0. The van der Waals surface area contributed by atoms with Crippen LogP contribution >= 0.6 is 58.0 Å². The smallest absolute Gasteiger partial charge is 0.303 e. The molecule has 0 heterocycles. The van der Waals surface area contributed by atoms with Crippen LogP contribution in [0.4, 0.5) is 0 Å². The fourth-order valence-electron chi connectivity index (χ4n) is 1.42. The van der Waals surface area contributed by atoms with Crippen molar-refractivity contribution >= 4 is 69.8 Å². The van der Waals surface area contributed by atoms with Crippen molar-refractivity contribution in [1.29, 1.82) is 0 Å². The Morgan fingerprint density at radius 2 is 1.85 bits per heavy atom. The van der Waals surface area contributed by atoms with Gasteiger partial charge in [0.15, 0.2) is 11.9 Å². The highest BCUT2D eigenvalue weighted by molar-refractivity contribution is 6.68. The van der Waals surface area contributed by atoms with Gasteiger partial charge in [-0.15, -0.1) is 0 Å². The molecule has 8 heteroatoms. The summed E-state index contributed by atoms with van der Waals surface area (Å²) in [5, 5.41) is 0.567. The molecule has 0 N–H and O–H groups in total. The molecule has 3 nitrogen and oxygen atoms in total. The Morgan fingerprint density at radius 1 is 1.25 bits per heavy atom. The summed E-state index contributed by atoms with van der Waals surface area (Å²) in [7, 11) is 0. The monoisotopic (exact) mass is 376 g/mol. The molecule has 0 bridgehead atoms. The number of alkyl halides is 3. The minimum absolute atomic E-state index is 0.174. The van der Waals surface area contributed by atoms with Gasteiger partial charge in [0.1, 0.15) is 0 Å². The molecule has 20 heavy (non-hydrogen) atoms. The van der Waals surface area contributed by atoms with Crippen LogP contribution in [0.2, 0.25) is 10.0 Å². The van der Waals surface area contributed by atoms with Crippen LogP contribution in [0.3, 0.4) is 0 Å². The lowest BCUT2D eigenvalue weighted by molar-refractivity contribution is -0.145. The highest BCUT2D eigenvalue weighted by Crippen LogP contribution is 2.35. The Morgan fingerprint density at radius 3 is 2.30 bits per heavy atom. The lowest BCUT2D eigenvalue weighted by Crippen LogP contribution is -2.33. The number of Topliss-reactive ketones (excluding diaryl/α,β-unsaturated/α-hetero) is 1. The van der Waals surface area contributed by atoms with Crippen LogP contribution in [0.25, 0.3) is 0 Å². The van der Waals surface area contributed by atoms with Gasteiger partial charge in [-0.2, -0.15) is 0 Å². The third kappa shape index (κ3) is 5.30. The molecule has 0 aliphatic carbocycles. The first-order chi connectivity index (χ1) is 9.11. The molecule has 0 aliphatic rings. The second kappa shape index (κ2) is 7.19. The maximum atomic E-state index is 12.1. The maximum absolute atomic E-state index is 12.1. The van der Waals surface area contributed by atoms with Crippen molar-refractivity contribution in [2.45, 2.75) is 23.2 Å². The molecule has 0 aliphatic heterocycles. The molecule has 1 atom stereocenters. The van der Waals surface area contributed by atoms with E-state index in [0.717, 1.165) is 6.92 Å². The Hall–Kier alpha value is -0.190. The quantitative estimate of drug-likeness (QED) is 0.427. The number of hydrogen-bond acceptors (Lipinski definition) is 3. The molecule has 0 amide bonds. The predicted molar refractivity (Wildman–Crippen MR) is 81.3 cm³/mol. The second-order valence-electron chi connectivity index (χ2n) is 3.89. The van der Waals surface area contributed by atoms with Crippen LogP contribution in [0.5, 0.6) is 0 Å². The molecule has 0 fully saturated rings. The molecule has 1 rings (SSSR count). The highest BCUT2D eigenvalue weighted by Gasteiger charge is 2.37. The van der Waals surface area contributed by atoms with E-state index in [1.54, 1.807) is 0 Å². The number of rotatable bonds is 4. The fourth-order valence-corrected chi connectivity index (χ4v) is 2.30. The van der Waals surface area contributed by atoms with E-state index in [1.165, 1.54) is 18.2 Å². The van der Waals surface area contributed by atoms with Gasteiger partial charge in [0.2, 0.25) is 3.79 Å². The van der Waals surface area contributed by atoms with Gasteiger partial charge in [0.05, 0.1) is 11.4 Å². The van der Waals surface area contributed by atoms with Crippen molar-refractivity contribution in [3.05, 3.63) is 33.8 Å². The molecule has 0 saturated carbocycles. The van der Waals surface area contributed by atoms with Gasteiger partial charge in [-0.3, -0.25) is 9.59 Å². The predicted octanol–water partition coefficient (Wildman–Crippen LogP) is 4.87. The number of ketones is 1. The van der Waals surface area contributed by atoms with Crippen LogP contribution in [0.1, 0.15) is 23.7 Å². The standard InChI is InChI=1S/C12H9Cl5O3/c1-6(18)20-11(12(15,16)17)5-10(19)8-3-2-7(13)4-9(8)14/h2-4,11H,5H2,1H3/t11-/m1/s1. The van der Waals surface area contributed by atoms with E-state index in [2.05, 4.69) is 0 Å². The van der Waals surface area contributed by atoms with Crippen molar-refractivity contribution in [3.8, 4) is 0 Å². The van der Waals surface area contributed by atoms with Crippen LogP contribution in [0, 0.1) is 0 Å². The normalized spacial score (nSPS) is 12.9. The summed E-state index contributed by atoms with van der Waals surface area (Å²) >= 11 is 28.7. The zero-order valence-electron chi connectivity index (χ0n) is 10.1. The molecule has 0 radical (unpaired) electrons. The van der Waals surface area contributed by atoms with Crippen molar-refractivity contribution < 1.29 is 14.3 Å².